The maximum atomic E-state index is 13.3. The van der Waals surface area contributed by atoms with Gasteiger partial charge in [-0.2, -0.15) is 4.31 Å². The molecule has 0 fully saturated rings. The lowest BCUT2D eigenvalue weighted by molar-refractivity contribution is 0.302. The Morgan fingerprint density at radius 3 is 2.35 bits per heavy atom. The van der Waals surface area contributed by atoms with Gasteiger partial charge in [-0.15, -0.1) is 11.3 Å². The minimum Gasteiger partial charge on any atom is -0.497 e. The van der Waals surface area contributed by atoms with Crippen LogP contribution >= 0.6 is 22.9 Å². The van der Waals surface area contributed by atoms with Gasteiger partial charge in [0.25, 0.3) is 0 Å². The van der Waals surface area contributed by atoms with E-state index in [2.05, 4.69) is 4.98 Å². The summed E-state index contributed by atoms with van der Waals surface area (Å²) in [5.74, 6) is 1.31. The van der Waals surface area contributed by atoms with Crippen molar-refractivity contribution in [1.29, 1.82) is 0 Å². The maximum absolute atomic E-state index is 13.3. The molecule has 0 aliphatic heterocycles. The fourth-order valence-electron chi connectivity index (χ4n) is 2.89. The first kappa shape index (κ1) is 23.5. The summed E-state index contributed by atoms with van der Waals surface area (Å²) < 4.78 is 39.0. The summed E-state index contributed by atoms with van der Waals surface area (Å²) in [6.07, 6.45) is 0.687. The van der Waals surface area contributed by atoms with Crippen LogP contribution in [0.25, 0.3) is 0 Å². The third-order valence-electron chi connectivity index (χ3n) is 4.84. The molecule has 3 rings (SSSR count). The lowest BCUT2D eigenvalue weighted by Crippen LogP contribution is -2.37. The van der Waals surface area contributed by atoms with Crippen molar-refractivity contribution in [2.75, 3.05) is 7.11 Å². The number of rotatable bonds is 10. The van der Waals surface area contributed by atoms with Gasteiger partial charge < -0.3 is 9.47 Å². The summed E-state index contributed by atoms with van der Waals surface area (Å²) in [6, 6.07) is 13.4. The van der Waals surface area contributed by atoms with Crippen LogP contribution in [0.4, 0.5) is 0 Å². The van der Waals surface area contributed by atoms with Gasteiger partial charge in [0.05, 0.1) is 24.2 Å². The van der Waals surface area contributed by atoms with Crippen molar-refractivity contribution in [3.8, 4) is 11.5 Å². The van der Waals surface area contributed by atoms with Crippen LogP contribution in [0.3, 0.4) is 0 Å². The molecule has 1 aromatic heterocycles. The van der Waals surface area contributed by atoms with E-state index in [1.165, 1.54) is 15.6 Å². The van der Waals surface area contributed by atoms with E-state index in [-0.39, 0.29) is 17.5 Å². The monoisotopic (exact) mass is 480 g/mol. The maximum Gasteiger partial charge on any atom is 0.243 e. The van der Waals surface area contributed by atoms with E-state index >= 15 is 0 Å². The molecule has 1 heterocycles. The third-order valence-corrected chi connectivity index (χ3v) is 7.94. The van der Waals surface area contributed by atoms with E-state index in [9.17, 15) is 8.42 Å². The van der Waals surface area contributed by atoms with Gasteiger partial charge in [-0.1, -0.05) is 18.5 Å². The Morgan fingerprint density at radius 2 is 1.74 bits per heavy atom. The minimum absolute atomic E-state index is 0.178. The highest BCUT2D eigenvalue weighted by atomic mass is 35.5. The molecule has 6 nitrogen and oxygen atoms in total. The summed E-state index contributed by atoms with van der Waals surface area (Å²) in [4.78, 5) is 4.81. The van der Waals surface area contributed by atoms with Gasteiger partial charge in [0, 0.05) is 16.4 Å². The molecular formula is C22H25ClN2O4S2. The van der Waals surface area contributed by atoms with Crippen molar-refractivity contribution in [3.05, 3.63) is 69.6 Å². The Morgan fingerprint density at radius 1 is 1.10 bits per heavy atom. The summed E-state index contributed by atoms with van der Waals surface area (Å²) in [5, 5.41) is 3.29. The van der Waals surface area contributed by atoms with Gasteiger partial charge in [0.15, 0.2) is 0 Å². The fourth-order valence-corrected chi connectivity index (χ4v) is 5.39. The van der Waals surface area contributed by atoms with E-state index in [0.717, 1.165) is 5.01 Å². The summed E-state index contributed by atoms with van der Waals surface area (Å²) in [6.45, 7) is 4.37. The van der Waals surface area contributed by atoms with Crippen LogP contribution in [-0.2, 0) is 23.2 Å². The molecule has 0 amide bonds. The second-order valence-electron chi connectivity index (χ2n) is 6.96. The van der Waals surface area contributed by atoms with Gasteiger partial charge >= 0.3 is 0 Å². The molecule has 0 unspecified atom stereocenters. The predicted molar refractivity (Wildman–Crippen MR) is 123 cm³/mol. The molecule has 0 saturated carbocycles. The smallest absolute Gasteiger partial charge is 0.243 e. The summed E-state index contributed by atoms with van der Waals surface area (Å²) in [5.41, 5.74) is 0.692. The number of ether oxygens (including phenoxy) is 2. The Labute approximate surface area is 192 Å². The Bertz CT molecular complexity index is 1080. The summed E-state index contributed by atoms with van der Waals surface area (Å²) >= 11 is 7.33. The zero-order valence-electron chi connectivity index (χ0n) is 17.6. The molecule has 0 N–H and O–H groups in total. The average molecular weight is 481 g/mol. The zero-order chi connectivity index (χ0) is 22.4. The highest BCUT2D eigenvalue weighted by Gasteiger charge is 2.29. The molecule has 0 aliphatic rings. The number of methoxy groups -OCH3 is 1. The van der Waals surface area contributed by atoms with Crippen LogP contribution < -0.4 is 9.47 Å². The first-order chi connectivity index (χ1) is 14.8. The quantitative estimate of drug-likeness (QED) is 0.390. The van der Waals surface area contributed by atoms with E-state index in [1.807, 2.05) is 19.2 Å². The van der Waals surface area contributed by atoms with Gasteiger partial charge in [-0.25, -0.2) is 13.4 Å². The molecule has 0 aliphatic carbocycles. The standard InChI is InChI=1S/C22H25ClN2O4S2/c1-4-16(2)25(31(26,27)21-11-9-19(28-3)10-12-21)13-18-15-30-22(24-18)14-29-20-7-5-17(23)6-8-20/h5-12,15-16H,4,13-14H2,1-3H3/t16-/m1/s1. The average Bonchev–Trinajstić information content (AvgIpc) is 3.24. The van der Waals surface area contributed by atoms with E-state index in [1.54, 1.807) is 55.6 Å². The van der Waals surface area contributed by atoms with Crippen molar-refractivity contribution in [1.82, 2.24) is 9.29 Å². The van der Waals surface area contributed by atoms with Gasteiger partial charge in [0.1, 0.15) is 23.1 Å². The van der Waals surface area contributed by atoms with Gasteiger partial charge in [0.2, 0.25) is 10.0 Å². The minimum atomic E-state index is -3.69. The molecule has 0 radical (unpaired) electrons. The first-order valence-corrected chi connectivity index (χ1v) is 12.5. The van der Waals surface area contributed by atoms with Crippen LogP contribution in [0.2, 0.25) is 5.02 Å². The Kier molecular flexibility index (Phi) is 7.94. The molecule has 1 atom stereocenters. The molecule has 0 bridgehead atoms. The number of hydrogen-bond donors (Lipinski definition) is 0. The molecule has 3 aromatic rings. The number of hydrogen-bond acceptors (Lipinski definition) is 6. The number of aromatic nitrogens is 1. The van der Waals surface area contributed by atoms with Crippen LogP contribution in [-0.4, -0.2) is 30.9 Å². The second kappa shape index (κ2) is 10.5. The van der Waals surface area contributed by atoms with Crippen LogP contribution in [0, 0.1) is 0 Å². The highest BCUT2D eigenvalue weighted by Crippen LogP contribution is 2.25. The molecule has 0 spiro atoms. The zero-order valence-corrected chi connectivity index (χ0v) is 20.0. The number of nitrogens with zero attached hydrogens (tertiary/aromatic N) is 2. The van der Waals surface area contributed by atoms with Gasteiger partial charge in [-0.05, 0) is 61.9 Å². The Balaban J connectivity index is 1.74. The molecule has 9 heteroatoms. The predicted octanol–water partition coefficient (Wildman–Crippen LogP) is 5.37. The fraction of sp³-hybridized carbons (Fsp3) is 0.318. The van der Waals surface area contributed by atoms with Crippen molar-refractivity contribution in [3.63, 3.8) is 0 Å². The normalized spacial score (nSPS) is 12.7. The molecule has 0 saturated heterocycles. The van der Waals surface area contributed by atoms with Crippen molar-refractivity contribution in [2.24, 2.45) is 0 Å². The molecule has 2 aromatic carbocycles. The second-order valence-corrected chi connectivity index (χ2v) is 10.2. The van der Waals surface area contributed by atoms with Crippen LogP contribution in [0.1, 0.15) is 31.0 Å². The summed E-state index contributed by atoms with van der Waals surface area (Å²) in [7, 11) is -2.14. The number of halogens is 1. The molecular weight excluding hydrogens is 456 g/mol. The van der Waals surface area contributed by atoms with Gasteiger partial charge in [-0.3, -0.25) is 0 Å². The molecule has 31 heavy (non-hydrogen) atoms. The third kappa shape index (κ3) is 5.98. The lowest BCUT2D eigenvalue weighted by Gasteiger charge is -2.27. The van der Waals surface area contributed by atoms with E-state index in [0.29, 0.717) is 35.2 Å². The van der Waals surface area contributed by atoms with Crippen LogP contribution in [0.15, 0.2) is 58.8 Å². The highest BCUT2D eigenvalue weighted by molar-refractivity contribution is 7.89. The molecule has 166 valence electrons. The Hall–Kier alpha value is -2.13. The van der Waals surface area contributed by atoms with Crippen molar-refractivity contribution >= 4 is 33.0 Å². The van der Waals surface area contributed by atoms with E-state index < -0.39 is 10.0 Å². The number of thiazole rings is 1. The topological polar surface area (TPSA) is 68.7 Å². The SMILES string of the molecule is CC[C@@H](C)N(Cc1csc(COc2ccc(Cl)cc2)n1)S(=O)(=O)c1ccc(OC)cc1. The van der Waals surface area contributed by atoms with E-state index in [4.69, 9.17) is 21.1 Å². The largest absolute Gasteiger partial charge is 0.497 e. The van der Waals surface area contributed by atoms with Crippen LogP contribution in [0.5, 0.6) is 11.5 Å². The lowest BCUT2D eigenvalue weighted by atomic mass is 10.2. The number of sulfonamides is 1. The number of benzene rings is 2. The van der Waals surface area contributed by atoms with Crippen molar-refractivity contribution < 1.29 is 17.9 Å². The van der Waals surface area contributed by atoms with Crippen molar-refractivity contribution in [2.45, 2.75) is 44.4 Å². The first-order valence-electron chi connectivity index (χ1n) is 9.81.